The lowest BCUT2D eigenvalue weighted by Crippen LogP contribution is -1.96. The van der Waals surface area contributed by atoms with E-state index in [1.54, 1.807) is 7.11 Å². The first-order valence-electron chi connectivity index (χ1n) is 6.96. The van der Waals surface area contributed by atoms with E-state index in [-0.39, 0.29) is 6.61 Å². The second-order valence-electron chi connectivity index (χ2n) is 4.67. The highest BCUT2D eigenvalue weighted by atomic mass is 32.2. The molecule has 0 saturated carbocycles. The third kappa shape index (κ3) is 3.05. The molecule has 0 aliphatic carbocycles. The molecule has 1 N–H and O–H groups in total. The van der Waals surface area contributed by atoms with Crippen molar-refractivity contribution in [1.82, 2.24) is 9.97 Å². The average molecular weight is 312 g/mol. The predicted molar refractivity (Wildman–Crippen MR) is 89.3 cm³/mol. The minimum Gasteiger partial charge on any atom is -0.497 e. The Morgan fingerprint density at radius 1 is 1.09 bits per heavy atom. The Hall–Kier alpha value is -2.11. The smallest absolute Gasteiger partial charge is 0.161 e. The molecule has 5 heteroatoms. The first kappa shape index (κ1) is 14.8. The van der Waals surface area contributed by atoms with E-state index in [9.17, 15) is 0 Å². The second kappa shape index (κ2) is 6.77. The van der Waals surface area contributed by atoms with Crippen molar-refractivity contribution in [3.63, 3.8) is 0 Å². The van der Waals surface area contributed by atoms with Gasteiger partial charge < -0.3 is 9.84 Å². The molecule has 0 unspecified atom stereocenters. The standard InChI is InChI=1S/C17H16N2O2S/c1-21-13-6-4-5-12(11-13)16-18-15-8-3-2-7-14(15)17(19-16)22-10-9-20/h2-8,11,20H,9-10H2,1H3. The fraction of sp³-hybridized carbons (Fsp3) is 0.176. The number of hydrogen-bond acceptors (Lipinski definition) is 5. The third-order valence-corrected chi connectivity index (χ3v) is 4.20. The molecule has 3 rings (SSSR count). The van der Waals surface area contributed by atoms with Crippen LogP contribution in [0.3, 0.4) is 0 Å². The Bertz CT molecular complexity index is 792. The Morgan fingerprint density at radius 2 is 1.95 bits per heavy atom. The number of aliphatic hydroxyl groups excluding tert-OH is 1. The molecule has 0 radical (unpaired) electrons. The Kier molecular flexibility index (Phi) is 4.56. The fourth-order valence-corrected chi connectivity index (χ4v) is 2.95. The van der Waals surface area contributed by atoms with Crippen molar-refractivity contribution in [3.8, 4) is 17.1 Å². The van der Waals surface area contributed by atoms with Crippen molar-refractivity contribution >= 4 is 22.7 Å². The summed E-state index contributed by atoms with van der Waals surface area (Å²) >= 11 is 1.54. The second-order valence-corrected chi connectivity index (χ2v) is 5.76. The van der Waals surface area contributed by atoms with Gasteiger partial charge in [-0.2, -0.15) is 0 Å². The maximum absolute atomic E-state index is 9.07. The van der Waals surface area contributed by atoms with Gasteiger partial charge in [0.1, 0.15) is 10.8 Å². The highest BCUT2D eigenvalue weighted by Crippen LogP contribution is 2.29. The summed E-state index contributed by atoms with van der Waals surface area (Å²) in [6.45, 7) is 0.123. The van der Waals surface area contributed by atoms with Crippen LogP contribution in [-0.4, -0.2) is 34.5 Å². The SMILES string of the molecule is COc1cccc(-c2nc(SCCO)c3ccccc3n2)c1. The topological polar surface area (TPSA) is 55.2 Å². The van der Waals surface area contributed by atoms with E-state index in [4.69, 9.17) is 9.84 Å². The molecule has 0 spiro atoms. The highest BCUT2D eigenvalue weighted by molar-refractivity contribution is 7.99. The Morgan fingerprint density at radius 3 is 2.77 bits per heavy atom. The number of aliphatic hydroxyl groups is 1. The molecule has 22 heavy (non-hydrogen) atoms. The zero-order chi connectivity index (χ0) is 15.4. The number of hydrogen-bond donors (Lipinski definition) is 1. The molecular weight excluding hydrogens is 296 g/mol. The molecule has 0 amide bonds. The minimum atomic E-state index is 0.123. The van der Waals surface area contributed by atoms with Crippen molar-refractivity contribution in [2.75, 3.05) is 19.5 Å². The van der Waals surface area contributed by atoms with Gasteiger partial charge in [-0.25, -0.2) is 9.97 Å². The van der Waals surface area contributed by atoms with Crippen LogP contribution in [0.5, 0.6) is 5.75 Å². The van der Waals surface area contributed by atoms with Crippen LogP contribution in [-0.2, 0) is 0 Å². The molecule has 4 nitrogen and oxygen atoms in total. The van der Waals surface area contributed by atoms with Crippen molar-refractivity contribution in [2.45, 2.75) is 5.03 Å². The number of aromatic nitrogens is 2. The lowest BCUT2D eigenvalue weighted by atomic mass is 10.2. The van der Waals surface area contributed by atoms with Gasteiger partial charge >= 0.3 is 0 Å². The lowest BCUT2D eigenvalue weighted by molar-refractivity contribution is 0.322. The van der Waals surface area contributed by atoms with Gasteiger partial charge in [-0.1, -0.05) is 30.3 Å². The number of benzene rings is 2. The molecule has 0 aliphatic heterocycles. The van der Waals surface area contributed by atoms with Gasteiger partial charge in [0, 0.05) is 16.7 Å². The first-order valence-corrected chi connectivity index (χ1v) is 7.95. The number of fused-ring (bicyclic) bond motifs is 1. The molecular formula is C17H16N2O2S. The number of ether oxygens (including phenoxy) is 1. The molecule has 0 atom stereocenters. The number of nitrogens with zero attached hydrogens (tertiary/aromatic N) is 2. The molecule has 3 aromatic rings. The van der Waals surface area contributed by atoms with Gasteiger partial charge in [0.2, 0.25) is 0 Å². The summed E-state index contributed by atoms with van der Waals surface area (Å²) in [5.74, 6) is 2.05. The van der Waals surface area contributed by atoms with Gasteiger partial charge in [0.05, 0.1) is 19.2 Å². The van der Waals surface area contributed by atoms with Crippen LogP contribution in [0, 0.1) is 0 Å². The van der Waals surface area contributed by atoms with E-state index in [2.05, 4.69) is 9.97 Å². The summed E-state index contributed by atoms with van der Waals surface area (Å²) in [6, 6.07) is 15.6. The number of methoxy groups -OCH3 is 1. The monoisotopic (exact) mass is 312 g/mol. The van der Waals surface area contributed by atoms with E-state index in [0.29, 0.717) is 11.6 Å². The maximum Gasteiger partial charge on any atom is 0.161 e. The summed E-state index contributed by atoms with van der Waals surface area (Å²) in [5, 5.41) is 11.0. The van der Waals surface area contributed by atoms with Crippen molar-refractivity contribution in [2.24, 2.45) is 0 Å². The maximum atomic E-state index is 9.07. The van der Waals surface area contributed by atoms with Crippen LogP contribution in [0.2, 0.25) is 0 Å². The van der Waals surface area contributed by atoms with E-state index < -0.39 is 0 Å². The zero-order valence-electron chi connectivity index (χ0n) is 12.2. The predicted octanol–water partition coefficient (Wildman–Crippen LogP) is 3.39. The van der Waals surface area contributed by atoms with Crippen LogP contribution >= 0.6 is 11.8 Å². The normalized spacial score (nSPS) is 10.8. The number of rotatable bonds is 5. The van der Waals surface area contributed by atoms with E-state index in [1.807, 2.05) is 48.5 Å². The average Bonchev–Trinajstić information content (AvgIpc) is 2.59. The summed E-state index contributed by atoms with van der Waals surface area (Å²) in [7, 11) is 1.64. The van der Waals surface area contributed by atoms with Crippen LogP contribution in [0.25, 0.3) is 22.3 Å². The number of thioether (sulfide) groups is 1. The van der Waals surface area contributed by atoms with Crippen LogP contribution < -0.4 is 4.74 Å². The molecule has 1 aromatic heterocycles. The van der Waals surface area contributed by atoms with Gasteiger partial charge in [-0.05, 0) is 18.2 Å². The quantitative estimate of drug-likeness (QED) is 0.578. The summed E-state index contributed by atoms with van der Waals surface area (Å²) in [4.78, 5) is 9.32. The van der Waals surface area contributed by atoms with Gasteiger partial charge in [0.15, 0.2) is 5.82 Å². The molecule has 2 aromatic carbocycles. The summed E-state index contributed by atoms with van der Waals surface area (Å²) in [5.41, 5.74) is 1.81. The van der Waals surface area contributed by atoms with E-state index >= 15 is 0 Å². The highest BCUT2D eigenvalue weighted by Gasteiger charge is 2.10. The van der Waals surface area contributed by atoms with Crippen molar-refractivity contribution < 1.29 is 9.84 Å². The van der Waals surface area contributed by atoms with Crippen LogP contribution in [0.15, 0.2) is 53.6 Å². The van der Waals surface area contributed by atoms with Gasteiger partial charge in [0.25, 0.3) is 0 Å². The largest absolute Gasteiger partial charge is 0.497 e. The minimum absolute atomic E-state index is 0.123. The van der Waals surface area contributed by atoms with Crippen molar-refractivity contribution in [3.05, 3.63) is 48.5 Å². The molecule has 0 bridgehead atoms. The molecule has 112 valence electrons. The molecule has 0 aliphatic rings. The molecule has 0 saturated heterocycles. The summed E-state index contributed by atoms with van der Waals surface area (Å²) < 4.78 is 5.27. The van der Waals surface area contributed by atoms with E-state index in [0.717, 1.165) is 27.2 Å². The zero-order valence-corrected chi connectivity index (χ0v) is 13.0. The van der Waals surface area contributed by atoms with Crippen molar-refractivity contribution in [1.29, 1.82) is 0 Å². The fourth-order valence-electron chi connectivity index (χ4n) is 2.19. The van der Waals surface area contributed by atoms with E-state index in [1.165, 1.54) is 11.8 Å². The molecule has 1 heterocycles. The first-order chi connectivity index (χ1) is 10.8. The summed E-state index contributed by atoms with van der Waals surface area (Å²) in [6.07, 6.45) is 0. The Labute approximate surface area is 133 Å². The van der Waals surface area contributed by atoms with Gasteiger partial charge in [-0.3, -0.25) is 0 Å². The molecule has 0 fully saturated rings. The van der Waals surface area contributed by atoms with Gasteiger partial charge in [-0.15, -0.1) is 11.8 Å². The van der Waals surface area contributed by atoms with Crippen LogP contribution in [0.1, 0.15) is 0 Å². The Balaban J connectivity index is 2.13. The number of para-hydroxylation sites is 1. The lowest BCUT2D eigenvalue weighted by Gasteiger charge is -2.09. The third-order valence-electron chi connectivity index (χ3n) is 3.23. The van der Waals surface area contributed by atoms with Crippen LogP contribution in [0.4, 0.5) is 0 Å².